The Balaban J connectivity index is 1.94. The minimum atomic E-state index is 0.109. The fourth-order valence-corrected chi connectivity index (χ4v) is 5.06. The maximum atomic E-state index is 10.4. The van der Waals surface area contributed by atoms with Crippen LogP contribution in [0.15, 0.2) is 72.8 Å². The summed E-state index contributed by atoms with van der Waals surface area (Å²) < 4.78 is 0. The third kappa shape index (κ3) is 4.80. The van der Waals surface area contributed by atoms with Crippen LogP contribution in [0.5, 0.6) is 11.5 Å². The molecule has 2 heteroatoms. The largest absolute Gasteiger partial charge is 0.508 e. The van der Waals surface area contributed by atoms with Gasteiger partial charge in [-0.2, -0.15) is 0 Å². The Morgan fingerprint density at radius 2 is 0.909 bits per heavy atom. The van der Waals surface area contributed by atoms with E-state index in [2.05, 4.69) is 83.1 Å². The molecule has 0 heterocycles. The average Bonchev–Trinajstić information content (AvgIpc) is 2.74. The first-order valence-electron chi connectivity index (χ1n) is 11.6. The van der Waals surface area contributed by atoms with E-state index < -0.39 is 0 Å². The van der Waals surface area contributed by atoms with Gasteiger partial charge in [0.15, 0.2) is 0 Å². The van der Waals surface area contributed by atoms with Crippen molar-refractivity contribution < 1.29 is 10.2 Å². The van der Waals surface area contributed by atoms with Gasteiger partial charge >= 0.3 is 0 Å². The molecule has 33 heavy (non-hydrogen) atoms. The zero-order chi connectivity index (χ0) is 23.7. The molecular formula is C31H32O2. The zero-order valence-electron chi connectivity index (χ0n) is 20.1. The second-order valence-corrected chi connectivity index (χ2v) is 9.26. The molecule has 0 aromatic heterocycles. The van der Waals surface area contributed by atoms with Gasteiger partial charge in [0, 0.05) is 5.92 Å². The molecule has 0 spiro atoms. The van der Waals surface area contributed by atoms with Crippen molar-refractivity contribution in [2.24, 2.45) is 0 Å². The fourth-order valence-electron chi connectivity index (χ4n) is 5.06. The van der Waals surface area contributed by atoms with Crippen LogP contribution in [-0.2, 0) is 0 Å². The molecular weight excluding hydrogens is 404 g/mol. The highest BCUT2D eigenvalue weighted by Crippen LogP contribution is 2.42. The molecule has 168 valence electrons. The lowest BCUT2D eigenvalue weighted by Crippen LogP contribution is -2.04. The highest BCUT2D eigenvalue weighted by atomic mass is 16.3. The first-order valence-corrected chi connectivity index (χ1v) is 11.6. The summed E-state index contributed by atoms with van der Waals surface area (Å²) in [5.74, 6) is 0.642. The minimum absolute atomic E-state index is 0.109. The molecule has 0 aliphatic rings. The van der Waals surface area contributed by atoms with Crippen molar-refractivity contribution in [3.63, 3.8) is 0 Å². The number of hydrogen-bond acceptors (Lipinski definition) is 2. The van der Waals surface area contributed by atoms with Gasteiger partial charge in [0.1, 0.15) is 11.5 Å². The summed E-state index contributed by atoms with van der Waals surface area (Å²) in [4.78, 5) is 0. The molecule has 0 radical (unpaired) electrons. The molecule has 4 aromatic carbocycles. The molecule has 0 aliphatic carbocycles. The predicted octanol–water partition coefficient (Wildman–Crippen LogP) is 8.21. The van der Waals surface area contributed by atoms with Crippen molar-refractivity contribution in [3.8, 4) is 33.8 Å². The van der Waals surface area contributed by atoms with Crippen molar-refractivity contribution in [1.29, 1.82) is 0 Å². The summed E-state index contributed by atoms with van der Waals surface area (Å²) in [6.45, 7) is 10.6. The van der Waals surface area contributed by atoms with Crippen LogP contribution >= 0.6 is 0 Å². The molecule has 2 nitrogen and oxygen atoms in total. The van der Waals surface area contributed by atoms with Gasteiger partial charge < -0.3 is 10.2 Å². The van der Waals surface area contributed by atoms with Crippen LogP contribution in [-0.4, -0.2) is 10.2 Å². The van der Waals surface area contributed by atoms with Gasteiger partial charge in [-0.25, -0.2) is 0 Å². The van der Waals surface area contributed by atoms with E-state index in [1.807, 2.05) is 12.1 Å². The number of phenolic OH excluding ortho intramolecular Hbond substituents is 2. The van der Waals surface area contributed by atoms with E-state index >= 15 is 0 Å². The molecule has 0 saturated carbocycles. The molecule has 0 unspecified atom stereocenters. The standard InChI is InChI=1S/C31H32O2/c1-6-27(28-9-7-25(32)17-30(28)23-13-19(2)11-20(3)14-23)29-10-8-26(33)18-31(29)24-15-21(4)12-22(5)16-24/h7-18,27,32-33H,6H2,1-5H3. The lowest BCUT2D eigenvalue weighted by molar-refractivity contribution is 0.475. The maximum absolute atomic E-state index is 10.4. The van der Waals surface area contributed by atoms with Crippen molar-refractivity contribution in [1.82, 2.24) is 0 Å². The molecule has 2 N–H and O–H groups in total. The summed E-state index contributed by atoms with van der Waals surface area (Å²) in [6.07, 6.45) is 0.894. The highest BCUT2D eigenvalue weighted by molar-refractivity contribution is 5.76. The lowest BCUT2D eigenvalue weighted by atomic mass is 9.80. The van der Waals surface area contributed by atoms with E-state index in [9.17, 15) is 10.2 Å². The first-order chi connectivity index (χ1) is 15.7. The normalized spacial score (nSPS) is 11.2. The molecule has 4 aromatic rings. The molecule has 0 amide bonds. The fraction of sp³-hybridized carbons (Fsp3) is 0.226. The van der Waals surface area contributed by atoms with Crippen LogP contribution in [0.2, 0.25) is 0 Å². The van der Waals surface area contributed by atoms with Gasteiger partial charge in [0.2, 0.25) is 0 Å². The van der Waals surface area contributed by atoms with Crippen molar-refractivity contribution in [2.75, 3.05) is 0 Å². The van der Waals surface area contributed by atoms with Gasteiger partial charge in [-0.15, -0.1) is 0 Å². The smallest absolute Gasteiger partial charge is 0.116 e. The van der Waals surface area contributed by atoms with E-state index in [0.29, 0.717) is 0 Å². The van der Waals surface area contributed by atoms with E-state index in [0.717, 1.165) is 28.7 Å². The Morgan fingerprint density at radius 1 is 0.545 bits per heavy atom. The number of phenols is 2. The van der Waals surface area contributed by atoms with E-state index in [1.165, 1.54) is 33.4 Å². The Labute approximate surface area is 197 Å². The summed E-state index contributed by atoms with van der Waals surface area (Å²) in [5.41, 5.74) is 11.5. The predicted molar refractivity (Wildman–Crippen MR) is 138 cm³/mol. The number of aryl methyl sites for hydroxylation is 4. The Kier molecular flexibility index (Phi) is 6.29. The van der Waals surface area contributed by atoms with Crippen molar-refractivity contribution >= 4 is 0 Å². The Bertz CT molecular complexity index is 1180. The van der Waals surface area contributed by atoms with Gasteiger partial charge in [-0.1, -0.05) is 77.7 Å². The first kappa shape index (κ1) is 22.7. The Morgan fingerprint density at radius 3 is 1.24 bits per heavy atom. The zero-order valence-corrected chi connectivity index (χ0v) is 20.1. The molecule has 0 aliphatic heterocycles. The van der Waals surface area contributed by atoms with Gasteiger partial charge in [0.05, 0.1) is 0 Å². The monoisotopic (exact) mass is 436 g/mol. The third-order valence-electron chi connectivity index (χ3n) is 6.30. The lowest BCUT2D eigenvalue weighted by Gasteiger charge is -2.24. The number of rotatable bonds is 5. The van der Waals surface area contributed by atoms with Crippen LogP contribution in [0.4, 0.5) is 0 Å². The van der Waals surface area contributed by atoms with E-state index in [4.69, 9.17) is 0 Å². The minimum Gasteiger partial charge on any atom is -0.508 e. The SMILES string of the molecule is CCC(c1ccc(O)cc1-c1cc(C)cc(C)c1)c1ccc(O)cc1-c1cc(C)cc(C)c1. The van der Waals surface area contributed by atoms with Crippen molar-refractivity contribution in [3.05, 3.63) is 106 Å². The molecule has 4 rings (SSSR count). The summed E-state index contributed by atoms with van der Waals surface area (Å²) in [5, 5.41) is 20.7. The summed E-state index contributed by atoms with van der Waals surface area (Å²) in [6, 6.07) is 24.5. The highest BCUT2D eigenvalue weighted by Gasteiger charge is 2.21. The maximum Gasteiger partial charge on any atom is 0.116 e. The van der Waals surface area contributed by atoms with Gasteiger partial charge in [0.25, 0.3) is 0 Å². The second-order valence-electron chi connectivity index (χ2n) is 9.26. The number of aromatic hydroxyl groups is 2. The quantitative estimate of drug-likeness (QED) is 0.331. The molecule has 0 bridgehead atoms. The van der Waals surface area contributed by atoms with Crippen molar-refractivity contribution in [2.45, 2.75) is 47.0 Å². The average molecular weight is 437 g/mol. The van der Waals surface area contributed by atoms with Gasteiger partial charge in [-0.3, -0.25) is 0 Å². The Hall–Kier alpha value is -3.52. The molecule has 0 saturated heterocycles. The van der Waals surface area contributed by atoms with Crippen LogP contribution < -0.4 is 0 Å². The van der Waals surface area contributed by atoms with Crippen LogP contribution in [0.3, 0.4) is 0 Å². The van der Waals surface area contributed by atoms with E-state index in [1.54, 1.807) is 12.1 Å². The number of hydrogen-bond donors (Lipinski definition) is 2. The topological polar surface area (TPSA) is 40.5 Å². The molecule has 0 fully saturated rings. The number of benzene rings is 4. The van der Waals surface area contributed by atoms with Crippen LogP contribution in [0.25, 0.3) is 22.3 Å². The third-order valence-corrected chi connectivity index (χ3v) is 6.30. The molecule has 0 atom stereocenters. The van der Waals surface area contributed by atoms with E-state index in [-0.39, 0.29) is 17.4 Å². The summed E-state index contributed by atoms with van der Waals surface area (Å²) >= 11 is 0. The second kappa shape index (κ2) is 9.15. The van der Waals surface area contributed by atoms with Gasteiger partial charge in [-0.05, 0) is 91.8 Å². The van der Waals surface area contributed by atoms with Crippen LogP contribution in [0.1, 0.15) is 52.6 Å². The summed E-state index contributed by atoms with van der Waals surface area (Å²) in [7, 11) is 0. The van der Waals surface area contributed by atoms with Crippen LogP contribution in [0, 0.1) is 27.7 Å².